The third-order valence-corrected chi connectivity index (χ3v) is 7.18. The van der Waals surface area contributed by atoms with Crippen molar-refractivity contribution >= 4 is 29.1 Å². The number of aromatic amines is 1. The molecule has 1 aromatic heterocycles. The largest absolute Gasteiger partial charge is 0.508 e. The number of halogens is 2. The van der Waals surface area contributed by atoms with Gasteiger partial charge in [0, 0.05) is 16.5 Å². The lowest BCUT2D eigenvalue weighted by Crippen LogP contribution is -2.37. The van der Waals surface area contributed by atoms with Crippen LogP contribution in [0, 0.1) is 11.8 Å². The van der Waals surface area contributed by atoms with Gasteiger partial charge in [0.2, 0.25) is 5.91 Å². The number of rotatable bonds is 7. The van der Waals surface area contributed by atoms with Gasteiger partial charge in [0.1, 0.15) is 11.6 Å². The number of H-pyrrole nitrogens is 1. The molecule has 1 heterocycles. The van der Waals surface area contributed by atoms with Crippen LogP contribution in [0.4, 0.5) is 0 Å². The SMILES string of the molecule is CCC1CCC(C(=O)NC(Cc2ccc(O)cc2)c2ncc(-c3ccc(Cl)cc3Cl)[nH]2)CC1. The van der Waals surface area contributed by atoms with E-state index in [9.17, 15) is 9.90 Å². The zero-order valence-corrected chi connectivity index (χ0v) is 20.2. The third kappa shape index (κ3) is 5.90. The Morgan fingerprint density at radius 2 is 1.88 bits per heavy atom. The number of aromatic nitrogens is 2. The Morgan fingerprint density at radius 3 is 2.55 bits per heavy atom. The molecule has 0 radical (unpaired) electrons. The van der Waals surface area contributed by atoms with E-state index in [1.54, 1.807) is 30.5 Å². The Bertz CT molecular complexity index is 1090. The molecule has 1 fully saturated rings. The highest BCUT2D eigenvalue weighted by atomic mass is 35.5. The number of hydrogen-bond acceptors (Lipinski definition) is 3. The van der Waals surface area contributed by atoms with E-state index in [1.165, 1.54) is 6.42 Å². The fourth-order valence-electron chi connectivity index (χ4n) is 4.56. The van der Waals surface area contributed by atoms with Crippen molar-refractivity contribution in [2.75, 3.05) is 0 Å². The minimum absolute atomic E-state index is 0.0373. The second kappa shape index (κ2) is 10.6. The van der Waals surface area contributed by atoms with E-state index in [-0.39, 0.29) is 23.6 Å². The van der Waals surface area contributed by atoms with Crippen molar-refractivity contribution in [3.63, 3.8) is 0 Å². The molecule has 4 rings (SSSR count). The van der Waals surface area contributed by atoms with Crippen molar-refractivity contribution in [2.24, 2.45) is 11.8 Å². The second-order valence-corrected chi connectivity index (χ2v) is 9.71. The normalized spacial score (nSPS) is 19.2. The van der Waals surface area contributed by atoms with Crippen molar-refractivity contribution in [1.29, 1.82) is 0 Å². The predicted molar refractivity (Wildman–Crippen MR) is 132 cm³/mol. The maximum atomic E-state index is 13.2. The first-order valence-electron chi connectivity index (χ1n) is 11.5. The standard InChI is InChI=1S/C26H29Cl2N3O2/c1-2-16-3-7-18(8-4-16)26(33)31-23(13-17-5-10-20(32)11-6-17)25-29-15-24(30-25)21-12-9-19(27)14-22(21)28/h5-6,9-12,14-16,18,23,32H,2-4,7-8,13H2,1H3,(H,29,30)(H,31,33). The fraction of sp³-hybridized carbons (Fsp3) is 0.385. The Kier molecular flexibility index (Phi) is 7.61. The average molecular weight is 486 g/mol. The van der Waals surface area contributed by atoms with Crippen molar-refractivity contribution < 1.29 is 9.90 Å². The van der Waals surface area contributed by atoms with Crippen LogP contribution in [0.3, 0.4) is 0 Å². The van der Waals surface area contributed by atoms with E-state index in [2.05, 4.69) is 22.2 Å². The topological polar surface area (TPSA) is 78.0 Å². The molecule has 7 heteroatoms. The summed E-state index contributed by atoms with van der Waals surface area (Å²) < 4.78 is 0. The summed E-state index contributed by atoms with van der Waals surface area (Å²) in [4.78, 5) is 21.1. The molecule has 3 N–H and O–H groups in total. The Balaban J connectivity index is 1.55. The van der Waals surface area contributed by atoms with Gasteiger partial charge < -0.3 is 15.4 Å². The molecular formula is C26H29Cl2N3O2. The molecule has 0 aliphatic heterocycles. The van der Waals surface area contributed by atoms with Gasteiger partial charge in [-0.05, 0) is 73.9 Å². The highest BCUT2D eigenvalue weighted by Crippen LogP contribution is 2.33. The van der Waals surface area contributed by atoms with Crippen LogP contribution < -0.4 is 5.32 Å². The lowest BCUT2D eigenvalue weighted by Gasteiger charge is -2.28. The number of phenols is 1. The molecule has 1 saturated carbocycles. The van der Waals surface area contributed by atoms with Crippen molar-refractivity contribution in [3.05, 3.63) is 70.1 Å². The van der Waals surface area contributed by atoms with Gasteiger partial charge in [-0.15, -0.1) is 0 Å². The Labute approximate surface area is 204 Å². The number of hydrogen-bond donors (Lipinski definition) is 3. The van der Waals surface area contributed by atoms with Crippen LogP contribution in [0.1, 0.15) is 56.5 Å². The molecule has 0 saturated heterocycles. The molecule has 0 bridgehead atoms. The number of benzene rings is 2. The molecule has 1 aliphatic carbocycles. The molecule has 1 unspecified atom stereocenters. The second-order valence-electron chi connectivity index (χ2n) is 8.86. The van der Waals surface area contributed by atoms with Gasteiger partial charge >= 0.3 is 0 Å². The summed E-state index contributed by atoms with van der Waals surface area (Å²) in [5.41, 5.74) is 2.56. The van der Waals surface area contributed by atoms with Crippen LogP contribution in [0.2, 0.25) is 10.0 Å². The number of phenolic OH excluding ortho intramolecular Hbond substituents is 1. The first kappa shape index (κ1) is 23.7. The van der Waals surface area contributed by atoms with Crippen LogP contribution >= 0.6 is 23.2 Å². The van der Waals surface area contributed by atoms with Crippen molar-refractivity contribution in [1.82, 2.24) is 15.3 Å². The summed E-state index contributed by atoms with van der Waals surface area (Å²) >= 11 is 12.4. The van der Waals surface area contributed by atoms with Gasteiger partial charge in [-0.2, -0.15) is 0 Å². The van der Waals surface area contributed by atoms with E-state index < -0.39 is 0 Å². The summed E-state index contributed by atoms with van der Waals surface area (Å²) in [6.45, 7) is 2.22. The monoisotopic (exact) mass is 485 g/mol. The number of nitrogens with one attached hydrogen (secondary N) is 2. The van der Waals surface area contributed by atoms with Gasteiger partial charge in [0.05, 0.1) is 23.0 Å². The molecule has 1 atom stereocenters. The van der Waals surface area contributed by atoms with Gasteiger partial charge in [-0.25, -0.2) is 4.98 Å². The van der Waals surface area contributed by atoms with Crippen molar-refractivity contribution in [3.8, 4) is 17.0 Å². The van der Waals surface area contributed by atoms with Crippen molar-refractivity contribution in [2.45, 2.75) is 51.5 Å². The number of aromatic hydroxyl groups is 1. The number of carbonyl (C=O) groups excluding carboxylic acids is 1. The first-order valence-corrected chi connectivity index (χ1v) is 12.3. The molecule has 1 aliphatic rings. The zero-order valence-electron chi connectivity index (χ0n) is 18.7. The minimum atomic E-state index is -0.328. The summed E-state index contributed by atoms with van der Waals surface area (Å²) in [7, 11) is 0. The Hall–Kier alpha value is -2.50. The number of carbonyl (C=O) groups is 1. The average Bonchev–Trinajstić information content (AvgIpc) is 3.30. The summed E-state index contributed by atoms with van der Waals surface area (Å²) in [6.07, 6.45) is 7.54. The molecule has 174 valence electrons. The van der Waals surface area contributed by atoms with Gasteiger partial charge in [-0.3, -0.25) is 4.79 Å². The molecule has 5 nitrogen and oxygen atoms in total. The smallest absolute Gasteiger partial charge is 0.223 e. The summed E-state index contributed by atoms with van der Waals surface area (Å²) in [5, 5.41) is 14.0. The van der Waals surface area contributed by atoms with Gasteiger partial charge in [-0.1, -0.05) is 48.7 Å². The molecule has 33 heavy (non-hydrogen) atoms. The van der Waals surface area contributed by atoms with E-state index in [1.807, 2.05) is 18.2 Å². The number of nitrogens with zero attached hydrogens (tertiary/aromatic N) is 1. The van der Waals surface area contributed by atoms with E-state index in [0.717, 1.165) is 48.4 Å². The quantitative estimate of drug-likeness (QED) is 0.348. The van der Waals surface area contributed by atoms with Crippen LogP contribution in [0.15, 0.2) is 48.7 Å². The maximum absolute atomic E-state index is 13.2. The predicted octanol–water partition coefficient (Wildman–Crippen LogP) is 6.71. The van der Waals surface area contributed by atoms with Crippen LogP contribution in [0.25, 0.3) is 11.3 Å². The summed E-state index contributed by atoms with van der Waals surface area (Å²) in [5.74, 6) is 1.73. The zero-order chi connectivity index (χ0) is 23.4. The van der Waals surface area contributed by atoms with E-state index >= 15 is 0 Å². The minimum Gasteiger partial charge on any atom is -0.508 e. The van der Waals surface area contributed by atoms with Crippen LogP contribution in [0.5, 0.6) is 5.75 Å². The lowest BCUT2D eigenvalue weighted by atomic mass is 9.80. The summed E-state index contributed by atoms with van der Waals surface area (Å²) in [6, 6.07) is 12.0. The van der Waals surface area contributed by atoms with Crippen LogP contribution in [-0.4, -0.2) is 21.0 Å². The van der Waals surface area contributed by atoms with Gasteiger partial charge in [0.25, 0.3) is 0 Å². The number of imidazole rings is 1. The Morgan fingerprint density at radius 1 is 1.15 bits per heavy atom. The molecule has 1 amide bonds. The highest BCUT2D eigenvalue weighted by Gasteiger charge is 2.28. The van der Waals surface area contributed by atoms with Crippen LogP contribution in [-0.2, 0) is 11.2 Å². The third-order valence-electron chi connectivity index (χ3n) is 6.63. The molecule has 0 spiro atoms. The molecular weight excluding hydrogens is 457 g/mol. The highest BCUT2D eigenvalue weighted by molar-refractivity contribution is 6.36. The number of amides is 1. The van der Waals surface area contributed by atoms with E-state index in [4.69, 9.17) is 23.2 Å². The first-order chi connectivity index (χ1) is 15.9. The maximum Gasteiger partial charge on any atom is 0.223 e. The molecule has 3 aromatic rings. The fourth-order valence-corrected chi connectivity index (χ4v) is 5.08. The lowest BCUT2D eigenvalue weighted by molar-refractivity contribution is -0.127. The van der Waals surface area contributed by atoms with E-state index in [0.29, 0.717) is 22.3 Å². The molecule has 2 aromatic carbocycles. The van der Waals surface area contributed by atoms with Gasteiger partial charge in [0.15, 0.2) is 0 Å².